The van der Waals surface area contributed by atoms with Crippen molar-refractivity contribution in [2.75, 3.05) is 5.32 Å². The van der Waals surface area contributed by atoms with Gasteiger partial charge in [0.05, 0.1) is 0 Å². The summed E-state index contributed by atoms with van der Waals surface area (Å²) in [5.41, 5.74) is 1.51. The molecule has 10 nitrogen and oxygen atoms in total. The van der Waals surface area contributed by atoms with E-state index >= 15 is 0 Å². The van der Waals surface area contributed by atoms with Gasteiger partial charge in [-0.25, -0.2) is 9.79 Å². The fourth-order valence-electron chi connectivity index (χ4n) is 3.84. The number of anilines is 1. The first-order valence-corrected chi connectivity index (χ1v) is 12.6. The lowest BCUT2D eigenvalue weighted by atomic mass is 9.96. The molecule has 11 heteroatoms. The summed E-state index contributed by atoms with van der Waals surface area (Å²) in [4.78, 5) is 58.2. The minimum atomic E-state index is -1.02. The fraction of sp³-hybridized carbons (Fsp3) is 0.269. The van der Waals surface area contributed by atoms with Crippen LogP contribution in [0.25, 0.3) is 0 Å². The number of nitrogens with zero attached hydrogens (tertiary/aromatic N) is 1. The van der Waals surface area contributed by atoms with Crippen molar-refractivity contribution in [1.82, 2.24) is 15.3 Å². The molecule has 2 unspecified atom stereocenters. The summed E-state index contributed by atoms with van der Waals surface area (Å²) in [5.74, 6) is -1.05. The number of H-pyrrole nitrogens is 2. The van der Waals surface area contributed by atoms with Gasteiger partial charge < -0.3 is 15.7 Å². The summed E-state index contributed by atoms with van der Waals surface area (Å²) in [5, 5.41) is 15.3. The van der Waals surface area contributed by atoms with E-state index in [0.717, 1.165) is 22.9 Å². The Morgan fingerprint density at radius 1 is 1.03 bits per heavy atom. The number of hydrogen-bond acceptors (Lipinski definition) is 7. The Kier molecular flexibility index (Phi) is 7.63. The van der Waals surface area contributed by atoms with E-state index in [9.17, 15) is 24.3 Å². The van der Waals surface area contributed by atoms with E-state index in [2.05, 4.69) is 25.6 Å². The number of amidine groups is 1. The quantitative estimate of drug-likeness (QED) is 0.322. The molecule has 1 aliphatic rings. The lowest BCUT2D eigenvalue weighted by Crippen LogP contribution is -2.29. The van der Waals surface area contributed by atoms with Crippen LogP contribution in [0.1, 0.15) is 54.5 Å². The molecule has 2 amide bonds. The predicted molar refractivity (Wildman–Crippen MR) is 143 cm³/mol. The summed E-state index contributed by atoms with van der Waals surface area (Å²) in [7, 11) is 0. The highest BCUT2D eigenvalue weighted by Gasteiger charge is 2.33. The highest BCUT2D eigenvalue weighted by molar-refractivity contribution is 8.15. The smallest absolute Gasteiger partial charge is 0.328 e. The number of nitrogens with one attached hydrogen (secondary N) is 4. The fourth-order valence-corrected chi connectivity index (χ4v) is 4.84. The number of benzene rings is 2. The number of aromatic nitrogens is 2. The van der Waals surface area contributed by atoms with Crippen LogP contribution in [0, 0.1) is 6.92 Å². The van der Waals surface area contributed by atoms with Crippen molar-refractivity contribution in [1.29, 1.82) is 0 Å². The SMILES string of the molecule is Cc1ccc(NC(=O)CC2SC(=NC(c3ccc(C(C)C)cc3)c3c(O)[nH]c(=O)[nH]c3=O)NC2=O)cc1. The van der Waals surface area contributed by atoms with Crippen LogP contribution in [-0.2, 0) is 9.59 Å². The van der Waals surface area contributed by atoms with Crippen LogP contribution in [0.3, 0.4) is 0 Å². The van der Waals surface area contributed by atoms with E-state index < -0.39 is 34.3 Å². The zero-order chi connectivity index (χ0) is 26.7. The number of aromatic amines is 2. The number of aliphatic imine (C=N–C) groups is 1. The first kappa shape index (κ1) is 26.0. The predicted octanol–water partition coefficient (Wildman–Crippen LogP) is 2.91. The normalized spacial score (nSPS) is 17.1. The van der Waals surface area contributed by atoms with Crippen molar-refractivity contribution in [2.24, 2.45) is 4.99 Å². The Morgan fingerprint density at radius 3 is 2.30 bits per heavy atom. The third-order valence-corrected chi connectivity index (χ3v) is 6.98. The van der Waals surface area contributed by atoms with E-state index in [1.165, 1.54) is 0 Å². The number of carbonyl (C=O) groups is 2. The number of hydrogen-bond donors (Lipinski definition) is 5. The molecule has 2 aromatic carbocycles. The van der Waals surface area contributed by atoms with Gasteiger partial charge in [0.25, 0.3) is 5.56 Å². The molecule has 1 aliphatic heterocycles. The second-order valence-electron chi connectivity index (χ2n) is 9.04. The van der Waals surface area contributed by atoms with Gasteiger partial charge in [0.15, 0.2) is 5.17 Å². The van der Waals surface area contributed by atoms with Crippen molar-refractivity contribution in [3.8, 4) is 5.88 Å². The average molecular weight is 522 g/mol. The van der Waals surface area contributed by atoms with Gasteiger partial charge in [-0.3, -0.25) is 24.4 Å². The molecular formula is C26H27N5O5S. The third kappa shape index (κ3) is 6.18. The van der Waals surface area contributed by atoms with E-state index in [0.29, 0.717) is 11.3 Å². The van der Waals surface area contributed by atoms with Gasteiger partial charge in [0.1, 0.15) is 16.9 Å². The summed E-state index contributed by atoms with van der Waals surface area (Å²) in [6, 6.07) is 13.6. The van der Waals surface area contributed by atoms with Crippen LogP contribution in [0.2, 0.25) is 0 Å². The zero-order valence-corrected chi connectivity index (χ0v) is 21.3. The van der Waals surface area contributed by atoms with Gasteiger partial charge in [0, 0.05) is 12.1 Å². The topological polar surface area (TPSA) is 157 Å². The largest absolute Gasteiger partial charge is 0.494 e. The number of amides is 2. The van der Waals surface area contributed by atoms with Crippen molar-refractivity contribution >= 4 is 34.4 Å². The van der Waals surface area contributed by atoms with Gasteiger partial charge in [-0.1, -0.05) is 67.6 Å². The lowest BCUT2D eigenvalue weighted by molar-refractivity contribution is -0.122. The molecule has 1 fully saturated rings. The number of rotatable bonds is 7. The molecule has 37 heavy (non-hydrogen) atoms. The third-order valence-electron chi connectivity index (χ3n) is 5.88. The summed E-state index contributed by atoms with van der Waals surface area (Å²) in [6.45, 7) is 6.04. The Labute approximate surface area is 216 Å². The Bertz CT molecular complexity index is 1460. The van der Waals surface area contributed by atoms with E-state index in [4.69, 9.17) is 0 Å². The van der Waals surface area contributed by atoms with Crippen LogP contribution in [0.15, 0.2) is 63.1 Å². The number of aromatic hydroxyl groups is 1. The minimum absolute atomic E-state index is 0.0817. The molecule has 2 heterocycles. The van der Waals surface area contributed by atoms with Crippen LogP contribution in [-0.4, -0.2) is 37.3 Å². The molecule has 0 aliphatic carbocycles. The summed E-state index contributed by atoms with van der Waals surface area (Å²) in [6.07, 6.45) is -0.0817. The van der Waals surface area contributed by atoms with Crippen LogP contribution < -0.4 is 21.9 Å². The first-order chi connectivity index (χ1) is 17.6. The molecule has 5 N–H and O–H groups in total. The maximum Gasteiger partial charge on any atom is 0.328 e. The van der Waals surface area contributed by atoms with Gasteiger partial charge >= 0.3 is 5.69 Å². The van der Waals surface area contributed by atoms with Crippen molar-refractivity contribution < 1.29 is 14.7 Å². The summed E-state index contributed by atoms with van der Waals surface area (Å²) < 4.78 is 0. The molecule has 1 aromatic heterocycles. The number of thioether (sulfide) groups is 1. The van der Waals surface area contributed by atoms with Crippen LogP contribution >= 0.6 is 11.8 Å². The van der Waals surface area contributed by atoms with Gasteiger partial charge in [-0.05, 0) is 36.1 Å². The summed E-state index contributed by atoms with van der Waals surface area (Å²) >= 11 is 1.06. The van der Waals surface area contributed by atoms with E-state index in [1.54, 1.807) is 24.3 Å². The molecule has 0 radical (unpaired) electrons. The number of aryl methyl sites for hydroxylation is 1. The Morgan fingerprint density at radius 2 is 1.68 bits per heavy atom. The number of carbonyl (C=O) groups excluding carboxylic acids is 2. The Hall–Kier alpha value is -4.12. The molecule has 4 rings (SSSR count). The first-order valence-electron chi connectivity index (χ1n) is 11.7. The van der Waals surface area contributed by atoms with Gasteiger partial charge in [-0.2, -0.15) is 0 Å². The van der Waals surface area contributed by atoms with Crippen molar-refractivity contribution in [3.05, 3.63) is 91.6 Å². The molecule has 0 spiro atoms. The maximum absolute atomic E-state index is 12.6. The molecule has 192 valence electrons. The highest BCUT2D eigenvalue weighted by Crippen LogP contribution is 2.32. The van der Waals surface area contributed by atoms with Gasteiger partial charge in [0.2, 0.25) is 17.7 Å². The van der Waals surface area contributed by atoms with Gasteiger partial charge in [-0.15, -0.1) is 0 Å². The second kappa shape index (κ2) is 10.9. The average Bonchev–Trinajstić information content (AvgIpc) is 3.17. The molecule has 3 aromatic rings. The molecule has 2 atom stereocenters. The van der Waals surface area contributed by atoms with Crippen LogP contribution in [0.5, 0.6) is 5.88 Å². The zero-order valence-electron chi connectivity index (χ0n) is 20.5. The molecule has 0 bridgehead atoms. The molecule has 1 saturated heterocycles. The molecular weight excluding hydrogens is 494 g/mol. The van der Waals surface area contributed by atoms with Crippen LogP contribution in [0.4, 0.5) is 5.69 Å². The monoisotopic (exact) mass is 521 g/mol. The molecule has 0 saturated carbocycles. The highest BCUT2D eigenvalue weighted by atomic mass is 32.2. The van der Waals surface area contributed by atoms with E-state index in [1.807, 2.05) is 45.0 Å². The van der Waals surface area contributed by atoms with Crippen molar-refractivity contribution in [3.63, 3.8) is 0 Å². The van der Waals surface area contributed by atoms with Crippen molar-refractivity contribution in [2.45, 2.75) is 44.4 Å². The van der Waals surface area contributed by atoms with E-state index in [-0.39, 0.29) is 29.0 Å². The lowest BCUT2D eigenvalue weighted by Gasteiger charge is -2.15. The Balaban J connectivity index is 1.60. The maximum atomic E-state index is 12.6. The standard InChI is InChI=1S/C26H27N5O5S/c1-13(2)15-6-8-16(9-7-15)21(20-23(34)29-25(36)30-24(20)35)28-26-31-22(33)18(37-26)12-19(32)27-17-10-4-14(3)5-11-17/h4-11,13,18,21H,12H2,1-3H3,(H,27,32)(H,28,31,33)(H3,29,30,34,35,36). The second-order valence-corrected chi connectivity index (χ2v) is 10.2. The minimum Gasteiger partial charge on any atom is -0.494 e.